The summed E-state index contributed by atoms with van der Waals surface area (Å²) in [4.78, 5) is 8.43. The maximum absolute atomic E-state index is 13.6. The first-order valence-electron chi connectivity index (χ1n) is 8.15. The maximum Gasteiger partial charge on any atom is 0.191 e. The minimum atomic E-state index is -0.830. The molecule has 2 N–H and O–H groups in total. The Labute approximate surface area is 151 Å². The van der Waals surface area contributed by atoms with Crippen LogP contribution in [0.25, 0.3) is 0 Å². The van der Waals surface area contributed by atoms with Crippen molar-refractivity contribution in [2.75, 3.05) is 19.6 Å². The highest BCUT2D eigenvalue weighted by atomic mass is 35.5. The number of pyridine rings is 1. The Balaban J connectivity index is 1.85. The highest BCUT2D eigenvalue weighted by Gasteiger charge is 2.07. The summed E-state index contributed by atoms with van der Waals surface area (Å²) in [7, 11) is 0. The van der Waals surface area contributed by atoms with Gasteiger partial charge in [-0.05, 0) is 43.0 Å². The van der Waals surface area contributed by atoms with Gasteiger partial charge in [-0.2, -0.15) is 0 Å². The van der Waals surface area contributed by atoms with E-state index in [1.807, 2.05) is 13.0 Å². The second-order valence-corrected chi connectivity index (χ2v) is 5.78. The minimum Gasteiger partial charge on any atom is -0.357 e. The van der Waals surface area contributed by atoms with Crippen molar-refractivity contribution in [3.05, 3.63) is 64.4 Å². The van der Waals surface area contributed by atoms with Gasteiger partial charge < -0.3 is 10.6 Å². The third kappa shape index (κ3) is 6.31. The van der Waals surface area contributed by atoms with Gasteiger partial charge in [-0.1, -0.05) is 29.8 Å². The van der Waals surface area contributed by atoms with Gasteiger partial charge in [-0.3, -0.25) is 4.99 Å². The fourth-order valence-corrected chi connectivity index (χ4v) is 2.36. The van der Waals surface area contributed by atoms with Gasteiger partial charge in [-0.15, -0.1) is 0 Å². The van der Waals surface area contributed by atoms with Crippen molar-refractivity contribution in [3.63, 3.8) is 0 Å². The molecule has 0 saturated heterocycles. The highest BCUT2D eigenvalue weighted by Crippen LogP contribution is 2.11. The number of nitrogens with one attached hydrogen (secondary N) is 2. The van der Waals surface area contributed by atoms with Crippen molar-refractivity contribution < 1.29 is 8.78 Å². The van der Waals surface area contributed by atoms with E-state index < -0.39 is 11.6 Å². The summed E-state index contributed by atoms with van der Waals surface area (Å²) in [6.45, 7) is 3.71. The molecule has 0 aliphatic rings. The number of rotatable bonds is 7. The summed E-state index contributed by atoms with van der Waals surface area (Å²) < 4.78 is 26.8. The first-order valence-corrected chi connectivity index (χ1v) is 8.53. The van der Waals surface area contributed by atoms with Crippen LogP contribution in [0.4, 0.5) is 8.78 Å². The van der Waals surface area contributed by atoms with Crippen LogP contribution >= 0.6 is 11.6 Å². The number of hydrogen-bond donors (Lipinski definition) is 2. The fraction of sp³-hybridized carbons (Fsp3) is 0.333. The van der Waals surface area contributed by atoms with Gasteiger partial charge in [0.1, 0.15) is 5.15 Å². The molecule has 0 bridgehead atoms. The van der Waals surface area contributed by atoms with E-state index in [2.05, 4.69) is 20.6 Å². The zero-order chi connectivity index (χ0) is 18.1. The van der Waals surface area contributed by atoms with Crippen LogP contribution in [0.3, 0.4) is 0 Å². The Kier molecular flexibility index (Phi) is 7.60. The predicted molar refractivity (Wildman–Crippen MR) is 97.0 cm³/mol. The maximum atomic E-state index is 13.6. The van der Waals surface area contributed by atoms with Crippen molar-refractivity contribution in [1.29, 1.82) is 0 Å². The molecule has 0 aliphatic heterocycles. The summed E-state index contributed by atoms with van der Waals surface area (Å²) in [5.41, 5.74) is 1.39. The van der Waals surface area contributed by atoms with Crippen LogP contribution in [0, 0.1) is 11.6 Å². The zero-order valence-corrected chi connectivity index (χ0v) is 14.8. The summed E-state index contributed by atoms with van der Waals surface area (Å²) in [5, 5.41) is 6.80. The molecule has 2 rings (SSSR count). The minimum absolute atomic E-state index is 0.326. The summed E-state index contributed by atoms with van der Waals surface area (Å²) in [6, 6.07) is 7.86. The van der Waals surface area contributed by atoms with Crippen LogP contribution in [0.15, 0.2) is 41.5 Å². The SMILES string of the molecule is CCNC(=NCCc1cccc(F)c1F)NCCc1ccc(Cl)nc1. The summed E-state index contributed by atoms with van der Waals surface area (Å²) >= 11 is 5.76. The lowest BCUT2D eigenvalue weighted by molar-refractivity contribution is 0.499. The number of aromatic nitrogens is 1. The molecule has 0 spiro atoms. The van der Waals surface area contributed by atoms with Crippen molar-refractivity contribution in [2.45, 2.75) is 19.8 Å². The Morgan fingerprint density at radius 1 is 1.16 bits per heavy atom. The number of benzene rings is 1. The monoisotopic (exact) mass is 366 g/mol. The quantitative estimate of drug-likeness (QED) is 0.449. The molecule has 1 aromatic carbocycles. The molecule has 2 aromatic rings. The third-order valence-corrected chi connectivity index (χ3v) is 3.75. The van der Waals surface area contributed by atoms with Gasteiger partial charge in [0.05, 0.1) is 0 Å². The van der Waals surface area contributed by atoms with E-state index in [9.17, 15) is 8.78 Å². The van der Waals surface area contributed by atoms with Crippen molar-refractivity contribution in [1.82, 2.24) is 15.6 Å². The average Bonchev–Trinajstić information content (AvgIpc) is 2.60. The van der Waals surface area contributed by atoms with E-state index in [1.165, 1.54) is 6.07 Å². The highest BCUT2D eigenvalue weighted by molar-refractivity contribution is 6.29. The van der Waals surface area contributed by atoms with Crippen LogP contribution < -0.4 is 10.6 Å². The van der Waals surface area contributed by atoms with Gasteiger partial charge in [0.25, 0.3) is 0 Å². The Hall–Kier alpha value is -2.21. The second kappa shape index (κ2) is 9.93. The molecule has 0 fully saturated rings. The lowest BCUT2D eigenvalue weighted by Crippen LogP contribution is -2.38. The number of hydrogen-bond acceptors (Lipinski definition) is 2. The van der Waals surface area contributed by atoms with E-state index in [0.717, 1.165) is 18.1 Å². The molecule has 0 saturated carbocycles. The molecule has 1 heterocycles. The Morgan fingerprint density at radius 3 is 2.72 bits per heavy atom. The Morgan fingerprint density at radius 2 is 2.00 bits per heavy atom. The number of guanidine groups is 1. The van der Waals surface area contributed by atoms with Gasteiger partial charge in [0.2, 0.25) is 0 Å². The molecule has 0 radical (unpaired) electrons. The van der Waals surface area contributed by atoms with Crippen LogP contribution in [-0.2, 0) is 12.8 Å². The van der Waals surface area contributed by atoms with E-state index in [-0.39, 0.29) is 0 Å². The summed E-state index contributed by atoms with van der Waals surface area (Å²) in [6.07, 6.45) is 2.84. The number of nitrogens with zero attached hydrogens (tertiary/aromatic N) is 2. The van der Waals surface area contributed by atoms with Crippen LogP contribution in [-0.4, -0.2) is 30.6 Å². The molecule has 0 unspecified atom stereocenters. The van der Waals surface area contributed by atoms with Gasteiger partial charge in [0, 0.05) is 25.8 Å². The van der Waals surface area contributed by atoms with Crippen molar-refractivity contribution in [2.24, 2.45) is 4.99 Å². The van der Waals surface area contributed by atoms with E-state index in [1.54, 1.807) is 18.3 Å². The molecule has 134 valence electrons. The molecule has 1 aromatic heterocycles. The lowest BCUT2D eigenvalue weighted by Gasteiger charge is -2.11. The van der Waals surface area contributed by atoms with E-state index in [4.69, 9.17) is 11.6 Å². The fourth-order valence-electron chi connectivity index (χ4n) is 2.25. The van der Waals surface area contributed by atoms with E-state index in [0.29, 0.717) is 42.7 Å². The smallest absolute Gasteiger partial charge is 0.191 e. The first-order chi connectivity index (χ1) is 12.1. The molecule has 0 amide bonds. The van der Waals surface area contributed by atoms with Gasteiger partial charge in [-0.25, -0.2) is 13.8 Å². The normalized spacial score (nSPS) is 11.4. The molecule has 7 heteroatoms. The molecule has 4 nitrogen and oxygen atoms in total. The van der Waals surface area contributed by atoms with Gasteiger partial charge in [0.15, 0.2) is 17.6 Å². The van der Waals surface area contributed by atoms with Crippen molar-refractivity contribution in [3.8, 4) is 0 Å². The average molecular weight is 367 g/mol. The predicted octanol–water partition coefficient (Wildman–Crippen LogP) is 3.35. The molecule has 0 atom stereocenters. The second-order valence-electron chi connectivity index (χ2n) is 5.39. The van der Waals surface area contributed by atoms with Crippen LogP contribution in [0.5, 0.6) is 0 Å². The first kappa shape index (κ1) is 19.1. The molecule has 0 aliphatic carbocycles. The number of aliphatic imine (C=N–C) groups is 1. The molecule has 25 heavy (non-hydrogen) atoms. The summed E-state index contributed by atoms with van der Waals surface area (Å²) in [5.74, 6) is -0.991. The molecular weight excluding hydrogens is 346 g/mol. The molecular formula is C18H21ClF2N4. The van der Waals surface area contributed by atoms with Crippen LogP contribution in [0.2, 0.25) is 5.15 Å². The topological polar surface area (TPSA) is 49.3 Å². The Bertz CT molecular complexity index is 705. The largest absolute Gasteiger partial charge is 0.357 e. The van der Waals surface area contributed by atoms with Crippen LogP contribution in [0.1, 0.15) is 18.1 Å². The zero-order valence-electron chi connectivity index (χ0n) is 14.0. The lowest BCUT2D eigenvalue weighted by atomic mass is 10.1. The van der Waals surface area contributed by atoms with Gasteiger partial charge >= 0.3 is 0 Å². The standard InChI is InChI=1S/C18H21ClF2N4/c1-2-22-18(23-10-8-13-6-7-16(19)25-12-13)24-11-9-14-4-3-5-15(20)17(14)21/h3-7,12H,2,8-11H2,1H3,(H2,22,23,24). The van der Waals surface area contributed by atoms with E-state index >= 15 is 0 Å². The third-order valence-electron chi connectivity index (χ3n) is 3.52. The van der Waals surface area contributed by atoms with Crippen molar-refractivity contribution >= 4 is 17.6 Å². The number of halogens is 3.